The maximum Gasteiger partial charge on any atom is 0.410 e. The summed E-state index contributed by atoms with van der Waals surface area (Å²) in [5.74, 6) is 2.18. The highest BCUT2D eigenvalue weighted by atomic mass is 16.6. The van der Waals surface area contributed by atoms with Gasteiger partial charge in [-0.1, -0.05) is 18.2 Å². The molecule has 2 aliphatic rings. The van der Waals surface area contributed by atoms with E-state index in [1.807, 2.05) is 85.0 Å². The molecule has 190 valence electrons. The molecule has 2 aromatic carbocycles. The Morgan fingerprint density at radius 3 is 2.41 bits per heavy atom. The number of aromatic nitrogens is 4. The minimum Gasteiger partial charge on any atom is -0.457 e. The van der Waals surface area contributed by atoms with Crippen molar-refractivity contribution in [3.05, 3.63) is 60.9 Å². The van der Waals surface area contributed by atoms with E-state index >= 15 is 0 Å². The minimum atomic E-state index is -0.512. The van der Waals surface area contributed by atoms with Gasteiger partial charge in [-0.05, 0) is 70.0 Å². The third-order valence-corrected chi connectivity index (χ3v) is 7.07. The molecule has 9 nitrogen and oxygen atoms in total. The molecular weight excluding hydrogens is 468 g/mol. The molecule has 1 saturated carbocycles. The van der Waals surface area contributed by atoms with Crippen LogP contribution in [0.1, 0.15) is 39.7 Å². The average Bonchev–Trinajstić information content (AvgIpc) is 3.57. The summed E-state index contributed by atoms with van der Waals surface area (Å²) in [5.41, 5.74) is 8.19. The Bertz CT molecular complexity index is 1440. The van der Waals surface area contributed by atoms with E-state index in [0.717, 1.165) is 41.0 Å². The number of amides is 1. The third-order valence-electron chi connectivity index (χ3n) is 7.07. The van der Waals surface area contributed by atoms with E-state index in [-0.39, 0.29) is 24.1 Å². The zero-order chi connectivity index (χ0) is 25.7. The molecule has 1 aliphatic heterocycles. The number of hydrogen-bond acceptors (Lipinski definition) is 7. The summed E-state index contributed by atoms with van der Waals surface area (Å²) >= 11 is 0. The average molecular weight is 499 g/mol. The number of fused-ring (bicyclic) bond motifs is 3. The van der Waals surface area contributed by atoms with Crippen molar-refractivity contribution in [3.63, 3.8) is 0 Å². The Morgan fingerprint density at radius 2 is 1.73 bits per heavy atom. The minimum absolute atomic E-state index is 0.120. The van der Waals surface area contributed by atoms with Crippen LogP contribution in [-0.4, -0.2) is 48.9 Å². The molecule has 9 heteroatoms. The van der Waals surface area contributed by atoms with Gasteiger partial charge in [0, 0.05) is 24.1 Å². The van der Waals surface area contributed by atoms with Crippen molar-refractivity contribution < 1.29 is 14.3 Å². The van der Waals surface area contributed by atoms with Crippen LogP contribution < -0.4 is 10.5 Å². The molecule has 0 radical (unpaired) electrons. The number of nitrogens with zero attached hydrogens (tertiary/aromatic N) is 5. The number of carbonyl (C=O) groups is 1. The number of benzene rings is 2. The summed E-state index contributed by atoms with van der Waals surface area (Å²) in [4.78, 5) is 23.4. The number of hydrogen-bond donors (Lipinski definition) is 1. The first kappa shape index (κ1) is 23.3. The predicted molar refractivity (Wildman–Crippen MR) is 140 cm³/mol. The van der Waals surface area contributed by atoms with E-state index in [1.54, 1.807) is 0 Å². The van der Waals surface area contributed by atoms with Crippen molar-refractivity contribution in [2.24, 2.45) is 5.92 Å². The van der Waals surface area contributed by atoms with E-state index in [9.17, 15) is 4.79 Å². The standard InChI is InChI=1S/C28H30N6O3/c1-28(2,3)37-27(35)33-15-18-13-19(33)14-22(18)34-26-23(25(29)30-16-31-26)24(32-34)17-9-11-21(12-10-17)36-20-7-5-4-6-8-20/h4-12,16,18-19,22H,13-15H2,1-3H3,(H2,29,30,31)/t18-,19-,22+/m0/s1. The van der Waals surface area contributed by atoms with Gasteiger partial charge >= 0.3 is 6.09 Å². The third kappa shape index (κ3) is 4.34. The highest BCUT2D eigenvalue weighted by Crippen LogP contribution is 2.47. The lowest BCUT2D eigenvalue weighted by Gasteiger charge is -2.33. The molecule has 3 atom stereocenters. The van der Waals surface area contributed by atoms with Gasteiger partial charge in [0.15, 0.2) is 5.65 Å². The smallest absolute Gasteiger partial charge is 0.410 e. The fraction of sp³-hybridized carbons (Fsp3) is 0.357. The molecular formula is C28H30N6O3. The molecule has 1 aliphatic carbocycles. The molecule has 2 fully saturated rings. The molecule has 1 saturated heterocycles. The van der Waals surface area contributed by atoms with Crippen LogP contribution in [0.15, 0.2) is 60.9 Å². The summed E-state index contributed by atoms with van der Waals surface area (Å²) in [6.07, 6.45) is 2.96. The van der Waals surface area contributed by atoms with Gasteiger partial charge in [-0.15, -0.1) is 0 Å². The van der Waals surface area contributed by atoms with Crippen LogP contribution in [0.5, 0.6) is 11.5 Å². The fourth-order valence-corrected chi connectivity index (χ4v) is 5.50. The van der Waals surface area contributed by atoms with Crippen molar-refractivity contribution in [1.29, 1.82) is 0 Å². The van der Waals surface area contributed by atoms with Gasteiger partial charge in [0.1, 0.15) is 34.9 Å². The van der Waals surface area contributed by atoms with Gasteiger partial charge in [0.25, 0.3) is 0 Å². The number of likely N-dealkylation sites (tertiary alicyclic amines) is 1. The topological polar surface area (TPSA) is 108 Å². The second kappa shape index (κ2) is 8.76. The summed E-state index contributed by atoms with van der Waals surface area (Å²) in [6, 6.07) is 17.7. The summed E-state index contributed by atoms with van der Waals surface area (Å²) in [7, 11) is 0. The van der Waals surface area contributed by atoms with Crippen LogP contribution in [0, 0.1) is 5.92 Å². The molecule has 0 spiro atoms. The lowest BCUT2D eigenvalue weighted by molar-refractivity contribution is 0.0163. The molecule has 2 bridgehead atoms. The van der Waals surface area contributed by atoms with Gasteiger partial charge in [0.05, 0.1) is 11.4 Å². The fourth-order valence-electron chi connectivity index (χ4n) is 5.50. The SMILES string of the molecule is CC(C)(C)OC(=O)N1C[C@@H]2C[C@H]1C[C@H]2n1nc(-c2ccc(Oc3ccccc3)cc2)c2c(N)ncnc21. The van der Waals surface area contributed by atoms with Crippen LogP contribution in [0.2, 0.25) is 0 Å². The normalized spacial score (nSPS) is 20.9. The number of nitrogen functional groups attached to an aromatic ring is 1. The van der Waals surface area contributed by atoms with E-state index in [4.69, 9.17) is 20.3 Å². The number of carbonyl (C=O) groups excluding carboxylic acids is 1. The van der Waals surface area contributed by atoms with Crippen molar-refractivity contribution in [1.82, 2.24) is 24.6 Å². The van der Waals surface area contributed by atoms with Crippen molar-refractivity contribution in [2.45, 2.75) is 51.3 Å². The molecule has 3 heterocycles. The number of rotatable bonds is 4. The van der Waals surface area contributed by atoms with Gasteiger partial charge in [0.2, 0.25) is 0 Å². The first-order valence-electron chi connectivity index (χ1n) is 12.6. The quantitative estimate of drug-likeness (QED) is 0.399. The monoisotopic (exact) mass is 498 g/mol. The largest absolute Gasteiger partial charge is 0.457 e. The van der Waals surface area contributed by atoms with Gasteiger partial charge in [-0.3, -0.25) is 0 Å². The summed E-state index contributed by atoms with van der Waals surface area (Å²) in [6.45, 7) is 6.32. The number of nitrogens with two attached hydrogens (primary N) is 1. The Kier molecular flexibility index (Phi) is 5.51. The zero-order valence-electron chi connectivity index (χ0n) is 21.2. The van der Waals surface area contributed by atoms with Crippen LogP contribution in [-0.2, 0) is 4.74 Å². The number of piperidine rings is 1. The van der Waals surface area contributed by atoms with E-state index in [2.05, 4.69) is 9.97 Å². The Balaban J connectivity index is 1.28. The van der Waals surface area contributed by atoms with Gasteiger partial charge in [-0.25, -0.2) is 19.4 Å². The molecule has 2 N–H and O–H groups in total. The Morgan fingerprint density at radius 1 is 1.00 bits per heavy atom. The predicted octanol–water partition coefficient (Wildman–Crippen LogP) is 5.44. The van der Waals surface area contributed by atoms with Crippen molar-refractivity contribution in [2.75, 3.05) is 12.3 Å². The maximum absolute atomic E-state index is 12.7. The Labute approximate surface area is 215 Å². The van der Waals surface area contributed by atoms with E-state index < -0.39 is 5.60 Å². The highest BCUT2D eigenvalue weighted by molar-refractivity contribution is 5.98. The van der Waals surface area contributed by atoms with E-state index in [1.165, 1.54) is 6.33 Å². The van der Waals surface area contributed by atoms with Crippen LogP contribution in [0.25, 0.3) is 22.3 Å². The van der Waals surface area contributed by atoms with Crippen LogP contribution >= 0.6 is 0 Å². The maximum atomic E-state index is 12.7. The number of para-hydroxylation sites is 1. The molecule has 37 heavy (non-hydrogen) atoms. The molecule has 6 rings (SSSR count). The molecule has 1 amide bonds. The van der Waals surface area contributed by atoms with Crippen LogP contribution in [0.4, 0.5) is 10.6 Å². The number of anilines is 1. The first-order valence-corrected chi connectivity index (χ1v) is 12.6. The second-order valence-corrected chi connectivity index (χ2v) is 10.8. The zero-order valence-corrected chi connectivity index (χ0v) is 21.2. The van der Waals surface area contributed by atoms with Crippen LogP contribution in [0.3, 0.4) is 0 Å². The first-order chi connectivity index (χ1) is 17.8. The molecule has 4 aromatic rings. The molecule has 0 unspecified atom stereocenters. The lowest BCUT2D eigenvalue weighted by Crippen LogP contribution is -2.43. The van der Waals surface area contributed by atoms with Gasteiger partial charge in [-0.2, -0.15) is 5.10 Å². The van der Waals surface area contributed by atoms with Crippen molar-refractivity contribution >= 4 is 22.9 Å². The highest BCUT2D eigenvalue weighted by Gasteiger charge is 2.49. The lowest BCUT2D eigenvalue weighted by atomic mass is 10.0. The van der Waals surface area contributed by atoms with Crippen molar-refractivity contribution in [3.8, 4) is 22.8 Å². The van der Waals surface area contributed by atoms with Gasteiger partial charge < -0.3 is 20.1 Å². The second-order valence-electron chi connectivity index (χ2n) is 10.8. The summed E-state index contributed by atoms with van der Waals surface area (Å²) in [5, 5.41) is 5.76. The Hall–Kier alpha value is -4.14. The van der Waals surface area contributed by atoms with E-state index in [0.29, 0.717) is 18.0 Å². The molecule has 2 aromatic heterocycles. The summed E-state index contributed by atoms with van der Waals surface area (Å²) < 4.78 is 13.6. The number of ether oxygens (including phenoxy) is 2.